The van der Waals surface area contributed by atoms with Gasteiger partial charge in [-0.2, -0.15) is 4.52 Å². The number of nitrogens with two attached hydrogens (primary N) is 1. The van der Waals surface area contributed by atoms with Crippen molar-refractivity contribution >= 4 is 17.2 Å². The van der Waals surface area contributed by atoms with Crippen molar-refractivity contribution in [2.45, 2.75) is 12.8 Å². The Labute approximate surface area is 97.7 Å². The molecule has 1 aliphatic heterocycles. The third-order valence-electron chi connectivity index (χ3n) is 3.01. The summed E-state index contributed by atoms with van der Waals surface area (Å²) in [5.74, 6) is 0.810. The number of nitrogens with zero attached hydrogens (tertiary/aromatic N) is 4. The largest absolute Gasteiger partial charge is 0.393 e. The molecular weight excluding hydrogens is 218 g/mol. The molecule has 0 unspecified atom stereocenters. The van der Waals surface area contributed by atoms with Gasteiger partial charge >= 0.3 is 0 Å². The minimum Gasteiger partial charge on any atom is -0.393 e. The SMILES string of the molecule is Nc1cnc2ccc(N3CCCC3)nn2c1=O. The Morgan fingerprint density at radius 2 is 2.00 bits per heavy atom. The van der Waals surface area contributed by atoms with Crippen LogP contribution < -0.4 is 16.2 Å². The van der Waals surface area contributed by atoms with Gasteiger partial charge in [0.05, 0.1) is 6.20 Å². The zero-order valence-corrected chi connectivity index (χ0v) is 9.33. The molecule has 3 heterocycles. The molecule has 0 amide bonds. The summed E-state index contributed by atoms with van der Waals surface area (Å²) in [6.07, 6.45) is 3.71. The second-order valence-corrected chi connectivity index (χ2v) is 4.17. The van der Waals surface area contributed by atoms with E-state index in [9.17, 15) is 4.79 Å². The van der Waals surface area contributed by atoms with Crippen LogP contribution in [-0.4, -0.2) is 27.7 Å². The van der Waals surface area contributed by atoms with Crippen LogP contribution in [-0.2, 0) is 0 Å². The van der Waals surface area contributed by atoms with Gasteiger partial charge in [0.2, 0.25) is 0 Å². The predicted octanol–water partition coefficient (Wildman–Crippen LogP) is 0.272. The number of nitrogen functional groups attached to an aromatic ring is 1. The summed E-state index contributed by atoms with van der Waals surface area (Å²) in [4.78, 5) is 18.0. The Hall–Kier alpha value is -2.11. The highest BCUT2D eigenvalue weighted by molar-refractivity contribution is 5.48. The molecule has 0 radical (unpaired) electrons. The lowest BCUT2D eigenvalue weighted by atomic mass is 10.4. The van der Waals surface area contributed by atoms with Gasteiger partial charge in [0.1, 0.15) is 11.5 Å². The smallest absolute Gasteiger partial charge is 0.297 e. The summed E-state index contributed by atoms with van der Waals surface area (Å²) in [5.41, 5.74) is 5.87. The fourth-order valence-electron chi connectivity index (χ4n) is 2.08. The van der Waals surface area contributed by atoms with Gasteiger partial charge in [-0.1, -0.05) is 0 Å². The van der Waals surface area contributed by atoms with Crippen LogP contribution in [0.4, 0.5) is 11.5 Å². The molecule has 0 aliphatic carbocycles. The molecule has 88 valence electrons. The quantitative estimate of drug-likeness (QED) is 0.762. The van der Waals surface area contributed by atoms with Crippen LogP contribution in [0.5, 0.6) is 0 Å². The van der Waals surface area contributed by atoms with Gasteiger partial charge < -0.3 is 10.6 Å². The summed E-state index contributed by atoms with van der Waals surface area (Å²) in [7, 11) is 0. The van der Waals surface area contributed by atoms with Crippen LogP contribution in [0.2, 0.25) is 0 Å². The number of aromatic nitrogens is 3. The van der Waals surface area contributed by atoms with Crippen LogP contribution in [0.25, 0.3) is 5.65 Å². The van der Waals surface area contributed by atoms with E-state index in [1.165, 1.54) is 23.6 Å². The first-order chi connectivity index (χ1) is 8.25. The van der Waals surface area contributed by atoms with E-state index in [2.05, 4.69) is 15.0 Å². The molecule has 0 bridgehead atoms. The van der Waals surface area contributed by atoms with Crippen molar-refractivity contribution in [3.8, 4) is 0 Å². The van der Waals surface area contributed by atoms with E-state index in [1.807, 2.05) is 6.07 Å². The number of rotatable bonds is 1. The second-order valence-electron chi connectivity index (χ2n) is 4.17. The Kier molecular flexibility index (Phi) is 2.21. The number of fused-ring (bicyclic) bond motifs is 1. The maximum Gasteiger partial charge on any atom is 0.297 e. The first kappa shape index (κ1) is 10.1. The molecule has 3 rings (SSSR count). The summed E-state index contributed by atoms with van der Waals surface area (Å²) in [6, 6.07) is 3.69. The molecule has 1 aliphatic rings. The van der Waals surface area contributed by atoms with Crippen molar-refractivity contribution in [3.05, 3.63) is 28.7 Å². The average Bonchev–Trinajstić information content (AvgIpc) is 2.87. The van der Waals surface area contributed by atoms with Crippen molar-refractivity contribution in [1.29, 1.82) is 0 Å². The molecule has 0 saturated carbocycles. The lowest BCUT2D eigenvalue weighted by Crippen LogP contribution is -2.25. The summed E-state index contributed by atoms with van der Waals surface area (Å²) in [6.45, 7) is 1.98. The van der Waals surface area contributed by atoms with Gasteiger partial charge in [-0.25, -0.2) is 4.98 Å². The maximum atomic E-state index is 11.8. The fourth-order valence-corrected chi connectivity index (χ4v) is 2.08. The molecule has 0 aromatic carbocycles. The predicted molar refractivity (Wildman–Crippen MR) is 65.1 cm³/mol. The average molecular weight is 231 g/mol. The van der Waals surface area contributed by atoms with Gasteiger partial charge in [-0.05, 0) is 25.0 Å². The van der Waals surface area contributed by atoms with E-state index in [1.54, 1.807) is 6.07 Å². The highest BCUT2D eigenvalue weighted by atomic mass is 16.1. The van der Waals surface area contributed by atoms with E-state index < -0.39 is 0 Å². The van der Waals surface area contributed by atoms with E-state index in [-0.39, 0.29) is 11.2 Å². The Balaban J connectivity index is 2.17. The van der Waals surface area contributed by atoms with Crippen molar-refractivity contribution in [1.82, 2.24) is 14.6 Å². The molecule has 6 heteroatoms. The molecule has 2 N–H and O–H groups in total. The van der Waals surface area contributed by atoms with Gasteiger partial charge in [0.25, 0.3) is 5.56 Å². The van der Waals surface area contributed by atoms with Gasteiger partial charge in [0.15, 0.2) is 5.65 Å². The topological polar surface area (TPSA) is 76.5 Å². The first-order valence-electron chi connectivity index (χ1n) is 5.65. The van der Waals surface area contributed by atoms with E-state index in [0.717, 1.165) is 18.9 Å². The van der Waals surface area contributed by atoms with Crippen LogP contribution in [0.1, 0.15) is 12.8 Å². The molecule has 0 spiro atoms. The fraction of sp³-hybridized carbons (Fsp3) is 0.364. The zero-order chi connectivity index (χ0) is 11.8. The van der Waals surface area contributed by atoms with Crippen LogP contribution in [0.3, 0.4) is 0 Å². The Morgan fingerprint density at radius 3 is 2.76 bits per heavy atom. The number of hydrogen-bond acceptors (Lipinski definition) is 5. The molecular formula is C11H13N5O. The summed E-state index contributed by atoms with van der Waals surface area (Å²) in [5, 5.41) is 4.31. The van der Waals surface area contributed by atoms with Crippen LogP contribution in [0, 0.1) is 0 Å². The molecule has 1 fully saturated rings. The van der Waals surface area contributed by atoms with E-state index in [4.69, 9.17) is 5.73 Å². The third-order valence-corrected chi connectivity index (χ3v) is 3.01. The lowest BCUT2D eigenvalue weighted by molar-refractivity contribution is 0.826. The molecule has 1 saturated heterocycles. The monoisotopic (exact) mass is 231 g/mol. The first-order valence-corrected chi connectivity index (χ1v) is 5.65. The molecule has 6 nitrogen and oxygen atoms in total. The summed E-state index contributed by atoms with van der Waals surface area (Å²) >= 11 is 0. The molecule has 17 heavy (non-hydrogen) atoms. The zero-order valence-electron chi connectivity index (χ0n) is 9.33. The highest BCUT2D eigenvalue weighted by Crippen LogP contribution is 2.16. The van der Waals surface area contributed by atoms with Gasteiger partial charge in [0, 0.05) is 13.1 Å². The number of anilines is 2. The van der Waals surface area contributed by atoms with Crippen molar-refractivity contribution in [3.63, 3.8) is 0 Å². The van der Waals surface area contributed by atoms with Gasteiger partial charge in [-0.3, -0.25) is 4.79 Å². The minimum atomic E-state index is -0.309. The molecule has 0 atom stereocenters. The standard InChI is InChI=1S/C11H13N5O/c12-8-7-13-9-3-4-10(14-16(9)11(8)17)15-5-1-2-6-15/h3-4,7H,1-2,5-6,12H2. The van der Waals surface area contributed by atoms with Crippen molar-refractivity contribution in [2.24, 2.45) is 0 Å². The lowest BCUT2D eigenvalue weighted by Gasteiger charge is -2.16. The molecule has 2 aromatic rings. The second kappa shape index (κ2) is 3.73. The number of hydrogen-bond donors (Lipinski definition) is 1. The van der Waals surface area contributed by atoms with Gasteiger partial charge in [-0.15, -0.1) is 5.10 Å². The van der Waals surface area contributed by atoms with Crippen molar-refractivity contribution in [2.75, 3.05) is 23.7 Å². The van der Waals surface area contributed by atoms with E-state index >= 15 is 0 Å². The highest BCUT2D eigenvalue weighted by Gasteiger charge is 2.14. The maximum absolute atomic E-state index is 11.8. The molecule has 2 aromatic heterocycles. The van der Waals surface area contributed by atoms with Crippen molar-refractivity contribution < 1.29 is 0 Å². The Bertz CT molecular complexity index is 615. The van der Waals surface area contributed by atoms with Crippen LogP contribution in [0.15, 0.2) is 23.1 Å². The Morgan fingerprint density at radius 1 is 1.24 bits per heavy atom. The normalized spacial score (nSPS) is 15.6. The van der Waals surface area contributed by atoms with Crippen LogP contribution >= 0.6 is 0 Å². The van der Waals surface area contributed by atoms with E-state index in [0.29, 0.717) is 5.65 Å². The minimum absolute atomic E-state index is 0.119. The summed E-state index contributed by atoms with van der Waals surface area (Å²) < 4.78 is 1.27. The third kappa shape index (κ3) is 1.61.